The van der Waals surface area contributed by atoms with Gasteiger partial charge in [0.2, 0.25) is 5.91 Å². The fourth-order valence-electron chi connectivity index (χ4n) is 10.7. The number of hydrogen-bond acceptors (Lipinski definition) is 5. The smallest absolute Gasteiger partial charge is 0.305 e. The molecule has 6 nitrogen and oxygen atoms in total. The lowest BCUT2D eigenvalue weighted by atomic mass is 10.0. The number of carbonyl (C=O) groups excluding carboxylic acids is 2. The first-order valence-electron chi connectivity index (χ1n) is 34.9. The van der Waals surface area contributed by atoms with Crippen LogP contribution in [0.1, 0.15) is 373 Å². The Morgan fingerprint density at radius 3 is 0.987 bits per heavy atom. The summed E-state index contributed by atoms with van der Waals surface area (Å²) in [5.41, 5.74) is 0. The molecule has 0 radical (unpaired) electrons. The highest BCUT2D eigenvalue weighted by molar-refractivity contribution is 5.76. The van der Waals surface area contributed by atoms with Crippen molar-refractivity contribution >= 4 is 11.9 Å². The van der Waals surface area contributed by atoms with Crippen LogP contribution in [0.15, 0.2) is 48.6 Å². The Morgan fingerprint density at radius 1 is 0.359 bits per heavy atom. The first-order valence-corrected chi connectivity index (χ1v) is 34.9. The second kappa shape index (κ2) is 67.3. The Bertz CT molecular complexity index is 1310. The number of rotatable bonds is 65. The van der Waals surface area contributed by atoms with E-state index in [2.05, 4.69) is 55.6 Å². The average molecular weight is 1090 g/mol. The molecule has 0 bridgehead atoms. The van der Waals surface area contributed by atoms with Crippen molar-refractivity contribution in [3.05, 3.63) is 48.6 Å². The molecule has 78 heavy (non-hydrogen) atoms. The van der Waals surface area contributed by atoms with Crippen LogP contribution in [0.25, 0.3) is 0 Å². The first kappa shape index (κ1) is 75.8. The number of ether oxygens (including phenoxy) is 1. The van der Waals surface area contributed by atoms with Crippen LogP contribution >= 0.6 is 0 Å². The normalized spacial score (nSPS) is 12.8. The van der Waals surface area contributed by atoms with E-state index >= 15 is 0 Å². The highest BCUT2D eigenvalue weighted by Crippen LogP contribution is 2.18. The molecule has 0 fully saturated rings. The van der Waals surface area contributed by atoms with Crippen LogP contribution < -0.4 is 5.32 Å². The molecule has 0 saturated heterocycles. The largest absolute Gasteiger partial charge is 0.466 e. The maximum absolute atomic E-state index is 12.5. The van der Waals surface area contributed by atoms with Crippen LogP contribution in [0.4, 0.5) is 0 Å². The monoisotopic (exact) mass is 1090 g/mol. The topological polar surface area (TPSA) is 95.9 Å². The maximum atomic E-state index is 12.5. The highest BCUT2D eigenvalue weighted by Gasteiger charge is 2.18. The minimum atomic E-state index is -0.844. The van der Waals surface area contributed by atoms with Crippen molar-refractivity contribution in [2.24, 2.45) is 0 Å². The van der Waals surface area contributed by atoms with Crippen molar-refractivity contribution in [3.8, 4) is 0 Å². The van der Waals surface area contributed by atoms with Crippen LogP contribution in [-0.4, -0.2) is 47.4 Å². The molecule has 0 spiro atoms. The van der Waals surface area contributed by atoms with Gasteiger partial charge in [-0.1, -0.05) is 319 Å². The van der Waals surface area contributed by atoms with Crippen molar-refractivity contribution in [1.29, 1.82) is 0 Å². The number of esters is 1. The van der Waals surface area contributed by atoms with Crippen LogP contribution in [-0.2, 0) is 14.3 Å². The molecule has 0 aromatic rings. The van der Waals surface area contributed by atoms with E-state index in [1.54, 1.807) is 6.08 Å². The summed E-state index contributed by atoms with van der Waals surface area (Å²) in [6.07, 6.45) is 87.6. The molecule has 0 aromatic carbocycles. The van der Waals surface area contributed by atoms with Crippen molar-refractivity contribution in [1.82, 2.24) is 5.32 Å². The molecular formula is C72H135NO5. The number of hydrogen-bond donors (Lipinski definition) is 3. The zero-order valence-electron chi connectivity index (χ0n) is 52.4. The summed E-state index contributed by atoms with van der Waals surface area (Å²) in [6, 6.07) is -0.628. The van der Waals surface area contributed by atoms with Crippen molar-refractivity contribution in [2.45, 2.75) is 386 Å². The number of allylic oxidation sites excluding steroid dienone is 7. The van der Waals surface area contributed by atoms with E-state index in [0.717, 1.165) is 51.4 Å². The maximum Gasteiger partial charge on any atom is 0.305 e. The standard InChI is InChI=1S/C72H135NO5/c1-3-5-7-9-11-13-15-17-36-40-44-48-52-56-60-64-70(75)69(68-74)73-71(76)65-61-57-53-49-45-41-38-34-32-30-28-26-24-22-20-19-21-23-25-27-29-31-33-35-39-43-47-51-55-59-63-67-78-72(77)66-62-58-54-50-46-42-37-18-16-14-12-10-8-6-4-2/h18,21,23,27,29,37,60,64,69-70,74-75H,3-17,19-20,22,24-26,28,30-36,38-59,61-63,65-68H2,1-2H3,(H,73,76)/b23-21-,29-27-,37-18-,64-60+. The Hall–Kier alpha value is -2.18. The molecule has 0 aliphatic rings. The third kappa shape index (κ3) is 63.0. The van der Waals surface area contributed by atoms with Gasteiger partial charge in [-0.2, -0.15) is 0 Å². The van der Waals surface area contributed by atoms with Gasteiger partial charge in [0, 0.05) is 12.8 Å². The van der Waals surface area contributed by atoms with E-state index in [1.807, 2.05) is 6.08 Å². The molecule has 2 atom stereocenters. The van der Waals surface area contributed by atoms with E-state index in [-0.39, 0.29) is 18.5 Å². The van der Waals surface area contributed by atoms with Crippen LogP contribution in [0.3, 0.4) is 0 Å². The number of amides is 1. The van der Waals surface area contributed by atoms with E-state index in [9.17, 15) is 19.8 Å². The van der Waals surface area contributed by atoms with E-state index in [1.165, 1.54) is 295 Å². The summed E-state index contributed by atoms with van der Waals surface area (Å²) in [6.45, 7) is 4.91. The van der Waals surface area contributed by atoms with Crippen molar-refractivity contribution < 1.29 is 24.5 Å². The second-order valence-corrected chi connectivity index (χ2v) is 23.9. The van der Waals surface area contributed by atoms with E-state index in [4.69, 9.17) is 4.74 Å². The Morgan fingerprint density at radius 2 is 0.641 bits per heavy atom. The predicted octanol–water partition coefficient (Wildman–Crippen LogP) is 22.5. The van der Waals surface area contributed by atoms with Crippen LogP contribution in [0, 0.1) is 0 Å². The highest BCUT2D eigenvalue weighted by atomic mass is 16.5. The fourth-order valence-corrected chi connectivity index (χ4v) is 10.7. The zero-order chi connectivity index (χ0) is 56.4. The number of aliphatic hydroxyl groups excluding tert-OH is 2. The molecule has 0 heterocycles. The quantitative estimate of drug-likeness (QED) is 0.0320. The van der Waals surface area contributed by atoms with Gasteiger partial charge in [-0.05, 0) is 89.9 Å². The zero-order valence-corrected chi connectivity index (χ0v) is 52.4. The van der Waals surface area contributed by atoms with E-state index in [0.29, 0.717) is 19.4 Å². The molecule has 0 saturated carbocycles. The van der Waals surface area contributed by atoms with Crippen molar-refractivity contribution in [3.63, 3.8) is 0 Å². The van der Waals surface area contributed by atoms with Gasteiger partial charge in [0.1, 0.15) is 0 Å². The molecular weight excluding hydrogens is 959 g/mol. The molecule has 2 unspecified atom stereocenters. The number of nitrogens with one attached hydrogen (secondary N) is 1. The molecule has 0 aliphatic carbocycles. The van der Waals surface area contributed by atoms with Gasteiger partial charge in [-0.15, -0.1) is 0 Å². The first-order chi connectivity index (χ1) is 38.5. The molecule has 0 rings (SSSR count). The Balaban J connectivity index is 3.41. The number of unbranched alkanes of at least 4 members (excludes halogenated alkanes) is 48. The summed E-state index contributed by atoms with van der Waals surface area (Å²) in [5, 5.41) is 23.2. The minimum Gasteiger partial charge on any atom is -0.466 e. The summed E-state index contributed by atoms with van der Waals surface area (Å²) in [5.74, 6) is -0.0609. The SMILES string of the molecule is CCCCCCCC/C=C\CCCCCCCC(=O)OCCCCCCCCCCC/C=C\C/C=C\CCCCCCCCCCCCCCCCCC(=O)NC(CO)C(O)/C=C/CCCCCCCCCCCCCCC. The van der Waals surface area contributed by atoms with Crippen molar-refractivity contribution in [2.75, 3.05) is 13.2 Å². The minimum absolute atomic E-state index is 0.00499. The molecule has 458 valence electrons. The van der Waals surface area contributed by atoms with E-state index < -0.39 is 12.1 Å². The predicted molar refractivity (Wildman–Crippen MR) is 342 cm³/mol. The summed E-state index contributed by atoms with van der Waals surface area (Å²) in [7, 11) is 0. The lowest BCUT2D eigenvalue weighted by Crippen LogP contribution is -2.45. The molecule has 0 aromatic heterocycles. The van der Waals surface area contributed by atoms with Gasteiger partial charge in [-0.3, -0.25) is 9.59 Å². The average Bonchev–Trinajstić information content (AvgIpc) is 3.44. The van der Waals surface area contributed by atoms with Crippen LogP contribution in [0.2, 0.25) is 0 Å². The molecule has 6 heteroatoms. The molecule has 0 aliphatic heterocycles. The van der Waals surface area contributed by atoms with Gasteiger partial charge >= 0.3 is 5.97 Å². The van der Waals surface area contributed by atoms with Crippen LogP contribution in [0.5, 0.6) is 0 Å². The Labute approximate surface area is 486 Å². The van der Waals surface area contributed by atoms with Gasteiger partial charge < -0.3 is 20.3 Å². The Kier molecular flexibility index (Phi) is 65.4. The fraction of sp³-hybridized carbons (Fsp3) is 0.861. The molecule has 1 amide bonds. The summed E-state index contributed by atoms with van der Waals surface area (Å²) >= 11 is 0. The lowest BCUT2D eigenvalue weighted by Gasteiger charge is -2.20. The summed E-state index contributed by atoms with van der Waals surface area (Å²) < 4.78 is 5.48. The van der Waals surface area contributed by atoms with Gasteiger partial charge in [0.05, 0.1) is 25.4 Å². The number of aliphatic hydroxyl groups is 2. The van der Waals surface area contributed by atoms with Gasteiger partial charge in [-0.25, -0.2) is 0 Å². The third-order valence-electron chi connectivity index (χ3n) is 16.1. The third-order valence-corrected chi connectivity index (χ3v) is 16.1. The molecule has 3 N–H and O–H groups in total. The van der Waals surface area contributed by atoms with Gasteiger partial charge in [0.25, 0.3) is 0 Å². The second-order valence-electron chi connectivity index (χ2n) is 23.9. The lowest BCUT2D eigenvalue weighted by molar-refractivity contribution is -0.143. The van der Waals surface area contributed by atoms with Gasteiger partial charge in [0.15, 0.2) is 0 Å². The number of carbonyl (C=O) groups is 2. The summed E-state index contributed by atoms with van der Waals surface area (Å²) in [4.78, 5) is 24.5.